The highest BCUT2D eigenvalue weighted by Crippen LogP contribution is 2.33. The zero-order chi connectivity index (χ0) is 15.0. The molecule has 21 heavy (non-hydrogen) atoms. The Labute approximate surface area is 131 Å². The van der Waals surface area contributed by atoms with Crippen molar-refractivity contribution in [1.29, 1.82) is 5.26 Å². The largest absolute Gasteiger partial charge is 0.291 e. The van der Waals surface area contributed by atoms with Gasteiger partial charge in [0, 0.05) is 9.40 Å². The van der Waals surface area contributed by atoms with E-state index in [1.807, 2.05) is 49.6 Å². The summed E-state index contributed by atoms with van der Waals surface area (Å²) in [4.78, 5) is 13.3. The van der Waals surface area contributed by atoms with E-state index in [2.05, 4.69) is 6.07 Å². The van der Waals surface area contributed by atoms with Crippen LogP contribution in [0.4, 0.5) is 0 Å². The summed E-state index contributed by atoms with van der Waals surface area (Å²) in [6.07, 6.45) is 0. The molecule has 0 aliphatic heterocycles. The molecule has 0 fully saturated rings. The molecule has 0 bridgehead atoms. The zero-order valence-corrected chi connectivity index (χ0v) is 13.3. The highest BCUT2D eigenvalue weighted by Gasteiger charge is 2.24. The van der Waals surface area contributed by atoms with Gasteiger partial charge in [0.25, 0.3) is 0 Å². The second kappa shape index (κ2) is 5.44. The number of nitrogens with zero attached hydrogens (tertiary/aromatic N) is 1. The van der Waals surface area contributed by atoms with Gasteiger partial charge >= 0.3 is 0 Å². The van der Waals surface area contributed by atoms with Crippen molar-refractivity contribution in [3.05, 3.63) is 57.3 Å². The fourth-order valence-electron chi connectivity index (χ4n) is 2.26. The first-order valence-corrected chi connectivity index (χ1v) is 8.28. The third-order valence-electron chi connectivity index (χ3n) is 3.64. The van der Waals surface area contributed by atoms with Gasteiger partial charge in [-0.15, -0.1) is 22.7 Å². The second-order valence-electron chi connectivity index (χ2n) is 5.03. The van der Waals surface area contributed by atoms with Crippen LogP contribution in [-0.4, -0.2) is 5.78 Å². The number of rotatable bonds is 3. The third kappa shape index (κ3) is 2.51. The van der Waals surface area contributed by atoms with E-state index in [0.717, 1.165) is 20.5 Å². The third-order valence-corrected chi connectivity index (χ3v) is 5.75. The standard InChI is InChI=1S/C17H13NOS2/c1-10-3-4-12(7-11(10)2)13(9-18)17(19)16-8-15-14(21-16)5-6-20-15/h3-8,13H,1-2H3. The Morgan fingerprint density at radius 2 is 1.95 bits per heavy atom. The van der Waals surface area contributed by atoms with Crippen LogP contribution in [0.15, 0.2) is 35.7 Å². The molecule has 2 nitrogen and oxygen atoms in total. The number of fused-ring (bicyclic) bond motifs is 1. The molecule has 0 spiro atoms. The Morgan fingerprint density at radius 1 is 1.14 bits per heavy atom. The number of carbonyl (C=O) groups excluding carboxylic acids is 1. The normalized spacial score (nSPS) is 12.2. The van der Waals surface area contributed by atoms with Crippen LogP contribution in [0, 0.1) is 25.2 Å². The molecule has 2 heterocycles. The average molecular weight is 311 g/mol. The molecule has 0 aliphatic rings. The lowest BCUT2D eigenvalue weighted by atomic mass is 9.93. The molecule has 1 aromatic carbocycles. The summed E-state index contributed by atoms with van der Waals surface area (Å²) in [6.45, 7) is 4.02. The Morgan fingerprint density at radius 3 is 2.62 bits per heavy atom. The van der Waals surface area contributed by atoms with Crippen LogP contribution >= 0.6 is 22.7 Å². The number of carbonyl (C=O) groups is 1. The van der Waals surface area contributed by atoms with Gasteiger partial charge < -0.3 is 0 Å². The number of aryl methyl sites for hydroxylation is 2. The topological polar surface area (TPSA) is 40.9 Å². The molecular weight excluding hydrogens is 298 g/mol. The molecule has 0 saturated heterocycles. The Hall–Kier alpha value is -1.96. The molecule has 1 unspecified atom stereocenters. The molecule has 3 aromatic rings. The molecule has 2 aromatic heterocycles. The van der Waals surface area contributed by atoms with Crippen molar-refractivity contribution in [2.24, 2.45) is 0 Å². The van der Waals surface area contributed by atoms with Gasteiger partial charge in [0.15, 0.2) is 5.78 Å². The average Bonchev–Trinajstić information content (AvgIpc) is 3.04. The zero-order valence-electron chi connectivity index (χ0n) is 11.7. The van der Waals surface area contributed by atoms with Crippen LogP contribution in [0.3, 0.4) is 0 Å². The predicted octanol–water partition coefficient (Wildman–Crippen LogP) is 5.07. The SMILES string of the molecule is Cc1ccc(C(C#N)C(=O)c2cc3sccc3s2)cc1C. The first kappa shape index (κ1) is 14.0. The predicted molar refractivity (Wildman–Crippen MR) is 88.3 cm³/mol. The molecule has 1 atom stereocenters. The lowest BCUT2D eigenvalue weighted by Gasteiger charge is -2.09. The van der Waals surface area contributed by atoms with E-state index in [-0.39, 0.29) is 5.78 Å². The van der Waals surface area contributed by atoms with Crippen LogP contribution < -0.4 is 0 Å². The summed E-state index contributed by atoms with van der Waals surface area (Å²) in [6, 6.07) is 11.9. The van der Waals surface area contributed by atoms with Crippen LogP contribution in [-0.2, 0) is 0 Å². The molecule has 4 heteroatoms. The fourth-order valence-corrected chi connectivity index (χ4v) is 4.34. The lowest BCUT2D eigenvalue weighted by molar-refractivity contribution is 0.0983. The van der Waals surface area contributed by atoms with E-state index < -0.39 is 5.92 Å². The second-order valence-corrected chi connectivity index (χ2v) is 7.06. The van der Waals surface area contributed by atoms with Crippen LogP contribution in [0.5, 0.6) is 0 Å². The summed E-state index contributed by atoms with van der Waals surface area (Å²) in [5.41, 5.74) is 3.05. The number of benzene rings is 1. The van der Waals surface area contributed by atoms with Gasteiger partial charge in [-0.1, -0.05) is 18.2 Å². The minimum absolute atomic E-state index is 0.103. The van der Waals surface area contributed by atoms with Crippen LogP contribution in [0.2, 0.25) is 0 Å². The highest BCUT2D eigenvalue weighted by atomic mass is 32.1. The summed E-state index contributed by atoms with van der Waals surface area (Å²) >= 11 is 3.09. The number of Topliss-reactive ketones (excluding diaryl/α,β-unsaturated/α-hetero) is 1. The molecule has 104 valence electrons. The van der Waals surface area contributed by atoms with E-state index in [1.54, 1.807) is 11.3 Å². The number of ketones is 1. The molecule has 3 rings (SSSR count). The van der Waals surface area contributed by atoms with Gasteiger partial charge in [-0.3, -0.25) is 4.79 Å². The van der Waals surface area contributed by atoms with E-state index in [0.29, 0.717) is 4.88 Å². The van der Waals surface area contributed by atoms with E-state index in [4.69, 9.17) is 0 Å². The first-order chi connectivity index (χ1) is 10.1. The van der Waals surface area contributed by atoms with Crippen molar-refractivity contribution >= 4 is 37.9 Å². The Kier molecular flexibility index (Phi) is 3.62. The van der Waals surface area contributed by atoms with Crippen molar-refractivity contribution in [2.45, 2.75) is 19.8 Å². The fraction of sp³-hybridized carbons (Fsp3) is 0.176. The number of hydrogen-bond donors (Lipinski definition) is 0. The van der Waals surface area contributed by atoms with Gasteiger partial charge in [0.05, 0.1) is 10.9 Å². The van der Waals surface area contributed by atoms with Gasteiger partial charge in [-0.25, -0.2) is 0 Å². The molecule has 0 saturated carbocycles. The van der Waals surface area contributed by atoms with Gasteiger partial charge in [-0.05, 0) is 48.1 Å². The highest BCUT2D eigenvalue weighted by molar-refractivity contribution is 7.27. The molecular formula is C17H13NOS2. The van der Waals surface area contributed by atoms with Crippen molar-refractivity contribution < 1.29 is 4.79 Å². The quantitative estimate of drug-likeness (QED) is 0.634. The maximum absolute atomic E-state index is 12.6. The van der Waals surface area contributed by atoms with Gasteiger partial charge in [0.2, 0.25) is 0 Å². The number of thiophene rings is 2. The lowest BCUT2D eigenvalue weighted by Crippen LogP contribution is -2.10. The van der Waals surface area contributed by atoms with E-state index >= 15 is 0 Å². The first-order valence-electron chi connectivity index (χ1n) is 6.58. The monoisotopic (exact) mass is 311 g/mol. The maximum Gasteiger partial charge on any atom is 0.194 e. The smallest absolute Gasteiger partial charge is 0.194 e. The van der Waals surface area contributed by atoms with E-state index in [9.17, 15) is 10.1 Å². The van der Waals surface area contributed by atoms with Gasteiger partial charge in [-0.2, -0.15) is 5.26 Å². The van der Waals surface area contributed by atoms with Crippen molar-refractivity contribution in [2.75, 3.05) is 0 Å². The minimum atomic E-state index is -0.725. The van der Waals surface area contributed by atoms with Crippen molar-refractivity contribution in [3.63, 3.8) is 0 Å². The Bertz CT molecular complexity index is 838. The molecule has 0 N–H and O–H groups in total. The number of nitriles is 1. The summed E-state index contributed by atoms with van der Waals surface area (Å²) in [7, 11) is 0. The number of hydrogen-bond acceptors (Lipinski definition) is 4. The minimum Gasteiger partial charge on any atom is -0.291 e. The maximum atomic E-state index is 12.6. The summed E-state index contributed by atoms with van der Waals surface area (Å²) < 4.78 is 2.22. The summed E-state index contributed by atoms with van der Waals surface area (Å²) in [5.74, 6) is -0.828. The molecule has 0 radical (unpaired) electrons. The Balaban J connectivity index is 1.99. The van der Waals surface area contributed by atoms with Crippen LogP contribution in [0.25, 0.3) is 9.40 Å². The molecule has 0 aliphatic carbocycles. The van der Waals surface area contributed by atoms with Crippen LogP contribution in [0.1, 0.15) is 32.3 Å². The molecule has 0 amide bonds. The van der Waals surface area contributed by atoms with Crippen molar-refractivity contribution in [1.82, 2.24) is 0 Å². The van der Waals surface area contributed by atoms with Gasteiger partial charge in [0.1, 0.15) is 5.92 Å². The van der Waals surface area contributed by atoms with Crippen molar-refractivity contribution in [3.8, 4) is 6.07 Å². The van der Waals surface area contributed by atoms with E-state index in [1.165, 1.54) is 16.9 Å². The summed E-state index contributed by atoms with van der Waals surface area (Å²) in [5, 5.41) is 11.4.